The third kappa shape index (κ3) is 6.34. The lowest BCUT2D eigenvalue weighted by molar-refractivity contribution is -0.151. The van der Waals surface area contributed by atoms with Gasteiger partial charge in [-0.05, 0) is 20.8 Å². The Labute approximate surface area is 121 Å². The summed E-state index contributed by atoms with van der Waals surface area (Å²) in [5, 5.41) is 15.5. The van der Waals surface area contributed by atoms with Crippen LogP contribution in [0, 0.1) is 0 Å². The Morgan fingerprint density at radius 3 is 2.48 bits per heavy atom. The summed E-state index contributed by atoms with van der Waals surface area (Å²) in [5.41, 5.74) is -1.03. The smallest absolute Gasteiger partial charge is 0.358 e. The first-order chi connectivity index (χ1) is 9.48. The monoisotopic (exact) mass is 319 g/mol. The van der Waals surface area contributed by atoms with E-state index in [1.165, 1.54) is 0 Å². The largest absolute Gasteiger partial charge is 0.476 e. The lowest BCUT2D eigenvalue weighted by Crippen LogP contribution is -2.30. The van der Waals surface area contributed by atoms with Crippen molar-refractivity contribution in [2.45, 2.75) is 32.9 Å². The summed E-state index contributed by atoms with van der Waals surface area (Å²) in [5.74, 6) is -3.18. The number of ether oxygens (including phenoxy) is 1. The van der Waals surface area contributed by atoms with Crippen LogP contribution in [-0.2, 0) is 25.9 Å². The number of hydrogen-bond acceptors (Lipinski definition) is 7. The maximum Gasteiger partial charge on any atom is 0.358 e. The fourth-order valence-corrected chi connectivity index (χ4v) is 2.39. The van der Waals surface area contributed by atoms with Crippen molar-refractivity contribution < 1.29 is 27.9 Å². The Balaban J connectivity index is 2.56. The van der Waals surface area contributed by atoms with Gasteiger partial charge in [-0.2, -0.15) is 0 Å². The van der Waals surface area contributed by atoms with Crippen molar-refractivity contribution in [2.24, 2.45) is 0 Å². The van der Waals surface area contributed by atoms with Gasteiger partial charge < -0.3 is 9.84 Å². The minimum absolute atomic E-state index is 0.0919. The summed E-state index contributed by atoms with van der Waals surface area (Å²) in [7, 11) is -3.67. The molecule has 0 bridgehead atoms. The molecule has 1 heterocycles. The van der Waals surface area contributed by atoms with Crippen molar-refractivity contribution in [1.82, 2.24) is 15.0 Å². The zero-order valence-corrected chi connectivity index (χ0v) is 12.8. The molecule has 0 amide bonds. The first kappa shape index (κ1) is 17.1. The third-order valence-corrected chi connectivity index (χ3v) is 3.63. The first-order valence-corrected chi connectivity index (χ1v) is 7.86. The highest BCUT2D eigenvalue weighted by atomic mass is 32.2. The molecule has 0 atom stereocenters. The zero-order valence-electron chi connectivity index (χ0n) is 11.9. The Bertz CT molecular complexity index is 629. The Hall–Kier alpha value is -1.97. The summed E-state index contributed by atoms with van der Waals surface area (Å²) in [6.45, 7) is 4.83. The van der Waals surface area contributed by atoms with Crippen LogP contribution in [0.1, 0.15) is 31.3 Å². The van der Waals surface area contributed by atoms with Crippen molar-refractivity contribution >= 4 is 21.8 Å². The average molecular weight is 319 g/mol. The van der Waals surface area contributed by atoms with Gasteiger partial charge in [-0.25, -0.2) is 13.2 Å². The number of aromatic carboxylic acids is 1. The molecular formula is C11H17N3O6S. The van der Waals surface area contributed by atoms with Crippen LogP contribution >= 0.6 is 0 Å². The van der Waals surface area contributed by atoms with Gasteiger partial charge in [0, 0.05) is 0 Å². The third-order valence-electron chi connectivity index (χ3n) is 2.15. The Kier molecular flexibility index (Phi) is 5.05. The first-order valence-electron chi connectivity index (χ1n) is 6.04. The number of hydrogen-bond donors (Lipinski definition) is 1. The van der Waals surface area contributed by atoms with Crippen molar-refractivity contribution in [3.63, 3.8) is 0 Å². The molecule has 0 unspecified atom stereocenters. The van der Waals surface area contributed by atoms with Gasteiger partial charge in [0.05, 0.1) is 18.5 Å². The number of carboxylic acid groups (broad SMARTS) is 1. The minimum atomic E-state index is -3.67. The zero-order chi connectivity index (χ0) is 16.3. The normalized spacial score (nSPS) is 12.1. The molecule has 0 aliphatic rings. The molecule has 21 heavy (non-hydrogen) atoms. The fraction of sp³-hybridized carbons (Fsp3) is 0.636. The average Bonchev–Trinajstić information content (AvgIpc) is 2.71. The molecule has 118 valence electrons. The van der Waals surface area contributed by atoms with Gasteiger partial charge in [0.15, 0.2) is 15.5 Å². The number of aromatic nitrogens is 3. The number of nitrogens with zero attached hydrogens (tertiary/aromatic N) is 3. The van der Waals surface area contributed by atoms with Crippen LogP contribution in [0.15, 0.2) is 6.20 Å². The number of rotatable bonds is 6. The van der Waals surface area contributed by atoms with Gasteiger partial charge in [0.25, 0.3) is 0 Å². The van der Waals surface area contributed by atoms with Crippen molar-refractivity contribution in [2.75, 3.05) is 11.5 Å². The molecular weight excluding hydrogens is 302 g/mol. The lowest BCUT2D eigenvalue weighted by atomic mass is 10.2. The standard InChI is InChI=1S/C11H17N3O6S/c1-11(2,3)20-9(15)7-21(18,19)5-4-14-6-8(10(16)17)12-13-14/h6H,4-5,7H2,1-3H3,(H,16,17). The van der Waals surface area contributed by atoms with Crippen molar-refractivity contribution in [3.8, 4) is 0 Å². The number of sulfone groups is 1. The topological polar surface area (TPSA) is 128 Å². The summed E-state index contributed by atoms with van der Waals surface area (Å²) >= 11 is 0. The van der Waals surface area contributed by atoms with Crippen LogP contribution in [0.25, 0.3) is 0 Å². The van der Waals surface area contributed by atoms with Gasteiger partial charge >= 0.3 is 11.9 Å². The summed E-state index contributed by atoms with van der Waals surface area (Å²) in [4.78, 5) is 22.1. The molecule has 0 fully saturated rings. The van der Waals surface area contributed by atoms with Crippen LogP contribution in [0.3, 0.4) is 0 Å². The second-order valence-corrected chi connectivity index (χ2v) is 7.53. The highest BCUT2D eigenvalue weighted by Gasteiger charge is 2.23. The molecule has 1 aromatic rings. The maximum absolute atomic E-state index is 11.8. The van der Waals surface area contributed by atoms with E-state index >= 15 is 0 Å². The van der Waals surface area contributed by atoms with E-state index in [0.717, 1.165) is 10.9 Å². The van der Waals surface area contributed by atoms with Crippen LogP contribution < -0.4 is 0 Å². The molecule has 0 radical (unpaired) electrons. The van der Waals surface area contributed by atoms with E-state index in [1.807, 2.05) is 0 Å². The number of carbonyl (C=O) groups excluding carboxylic acids is 1. The molecule has 0 aliphatic carbocycles. The number of carboxylic acids is 1. The molecule has 1 N–H and O–H groups in total. The molecule has 9 nitrogen and oxygen atoms in total. The molecule has 1 rings (SSSR count). The Morgan fingerprint density at radius 2 is 2.00 bits per heavy atom. The van der Waals surface area contributed by atoms with E-state index in [0.29, 0.717) is 0 Å². The van der Waals surface area contributed by atoms with E-state index in [-0.39, 0.29) is 18.0 Å². The van der Waals surface area contributed by atoms with E-state index in [4.69, 9.17) is 9.84 Å². The predicted molar refractivity (Wildman–Crippen MR) is 71.5 cm³/mol. The molecule has 0 aliphatic heterocycles. The number of esters is 1. The quantitative estimate of drug-likeness (QED) is 0.710. The van der Waals surface area contributed by atoms with E-state index in [9.17, 15) is 18.0 Å². The predicted octanol–water partition coefficient (Wildman–Crippen LogP) is -0.267. The number of carbonyl (C=O) groups is 2. The lowest BCUT2D eigenvalue weighted by Gasteiger charge is -2.19. The minimum Gasteiger partial charge on any atom is -0.476 e. The second-order valence-electron chi connectivity index (χ2n) is 5.35. The van der Waals surface area contributed by atoms with E-state index < -0.39 is 33.1 Å². The SMILES string of the molecule is CC(C)(C)OC(=O)CS(=O)(=O)CCn1cc(C(=O)O)nn1. The molecule has 1 aromatic heterocycles. The molecule has 0 aromatic carbocycles. The second kappa shape index (κ2) is 6.20. The molecule has 0 saturated heterocycles. The van der Waals surface area contributed by atoms with E-state index in [2.05, 4.69) is 10.3 Å². The summed E-state index contributed by atoms with van der Waals surface area (Å²) < 4.78 is 29.5. The molecule has 0 saturated carbocycles. The fourth-order valence-electron chi connectivity index (χ4n) is 1.36. The van der Waals surface area contributed by atoms with Crippen LogP contribution in [0.5, 0.6) is 0 Å². The van der Waals surface area contributed by atoms with Crippen LogP contribution in [0.2, 0.25) is 0 Å². The van der Waals surface area contributed by atoms with Gasteiger partial charge in [0.2, 0.25) is 0 Å². The molecule has 0 spiro atoms. The van der Waals surface area contributed by atoms with Gasteiger partial charge in [-0.1, -0.05) is 5.21 Å². The Morgan fingerprint density at radius 1 is 1.38 bits per heavy atom. The number of aryl methyl sites for hydroxylation is 1. The highest BCUT2D eigenvalue weighted by molar-refractivity contribution is 7.92. The van der Waals surface area contributed by atoms with Crippen molar-refractivity contribution in [3.05, 3.63) is 11.9 Å². The van der Waals surface area contributed by atoms with Crippen molar-refractivity contribution in [1.29, 1.82) is 0 Å². The summed E-state index contributed by atoms with van der Waals surface area (Å²) in [6, 6.07) is 0. The highest BCUT2D eigenvalue weighted by Crippen LogP contribution is 2.08. The maximum atomic E-state index is 11.8. The van der Waals surface area contributed by atoms with Gasteiger partial charge in [0.1, 0.15) is 11.4 Å². The van der Waals surface area contributed by atoms with E-state index in [1.54, 1.807) is 20.8 Å². The summed E-state index contributed by atoms with van der Waals surface area (Å²) in [6.07, 6.45) is 1.12. The van der Waals surface area contributed by atoms with Crippen LogP contribution in [0.4, 0.5) is 0 Å². The van der Waals surface area contributed by atoms with Crippen LogP contribution in [-0.4, -0.2) is 57.6 Å². The molecule has 10 heteroatoms. The van der Waals surface area contributed by atoms with Gasteiger partial charge in [-0.15, -0.1) is 5.10 Å². The van der Waals surface area contributed by atoms with Gasteiger partial charge in [-0.3, -0.25) is 9.48 Å².